The zero-order valence-corrected chi connectivity index (χ0v) is 17.1. The zero-order valence-electron chi connectivity index (χ0n) is 14.8. The first kappa shape index (κ1) is 19.8. The molecule has 1 aromatic carbocycles. The lowest BCUT2D eigenvalue weighted by molar-refractivity contribution is 0.510. The van der Waals surface area contributed by atoms with Gasteiger partial charge in [0, 0.05) is 19.0 Å². The van der Waals surface area contributed by atoms with Gasteiger partial charge in [-0.25, -0.2) is 0 Å². The summed E-state index contributed by atoms with van der Waals surface area (Å²) >= 11 is 0. The van der Waals surface area contributed by atoms with Gasteiger partial charge in [-0.1, -0.05) is 43.2 Å². The Bertz CT molecular complexity index is 622. The molecule has 4 nitrogen and oxygen atoms in total. The molecule has 1 aliphatic rings. The monoisotopic (exact) mass is 453 g/mol. The molecule has 0 saturated heterocycles. The van der Waals surface area contributed by atoms with Crippen LogP contribution >= 0.6 is 24.0 Å². The van der Waals surface area contributed by atoms with Crippen molar-refractivity contribution in [2.24, 2.45) is 4.99 Å². The van der Waals surface area contributed by atoms with E-state index in [4.69, 9.17) is 9.41 Å². The summed E-state index contributed by atoms with van der Waals surface area (Å²) in [5, 5.41) is 7.15. The predicted molar refractivity (Wildman–Crippen MR) is 114 cm³/mol. The minimum atomic E-state index is 0. The molecule has 5 heteroatoms. The number of rotatable bonds is 6. The van der Waals surface area contributed by atoms with Crippen LogP contribution in [-0.4, -0.2) is 18.5 Å². The maximum Gasteiger partial charge on any atom is 0.191 e. The molecule has 3 rings (SSSR count). The summed E-state index contributed by atoms with van der Waals surface area (Å²) < 4.78 is 5.39. The fourth-order valence-electron chi connectivity index (χ4n) is 3.16. The first-order chi connectivity index (χ1) is 11.8. The second-order valence-electron chi connectivity index (χ2n) is 6.46. The van der Waals surface area contributed by atoms with Crippen molar-refractivity contribution < 1.29 is 4.42 Å². The van der Waals surface area contributed by atoms with E-state index in [0.717, 1.165) is 24.7 Å². The van der Waals surface area contributed by atoms with Gasteiger partial charge in [0.05, 0.1) is 12.3 Å². The molecule has 0 aliphatic heterocycles. The van der Waals surface area contributed by atoms with Crippen LogP contribution in [0.15, 0.2) is 58.1 Å². The van der Waals surface area contributed by atoms with Crippen LogP contribution in [0.3, 0.4) is 0 Å². The van der Waals surface area contributed by atoms with Gasteiger partial charge in [-0.2, -0.15) is 0 Å². The smallest absolute Gasteiger partial charge is 0.191 e. The van der Waals surface area contributed by atoms with E-state index < -0.39 is 0 Å². The van der Waals surface area contributed by atoms with Crippen LogP contribution in [0.25, 0.3) is 0 Å². The number of nitrogens with one attached hydrogen (secondary N) is 2. The minimum absolute atomic E-state index is 0. The highest BCUT2D eigenvalue weighted by molar-refractivity contribution is 14.0. The predicted octanol–water partition coefficient (Wildman–Crippen LogP) is 4.68. The summed E-state index contributed by atoms with van der Waals surface area (Å²) in [5.41, 5.74) is 1.27. The molecule has 25 heavy (non-hydrogen) atoms. The Morgan fingerprint density at radius 3 is 2.60 bits per heavy atom. The van der Waals surface area contributed by atoms with Gasteiger partial charge in [0.25, 0.3) is 0 Å². The van der Waals surface area contributed by atoms with Crippen molar-refractivity contribution in [2.45, 2.75) is 51.1 Å². The van der Waals surface area contributed by atoms with E-state index in [1.807, 2.05) is 18.2 Å². The summed E-state index contributed by atoms with van der Waals surface area (Å²) in [6.07, 6.45) is 7.63. The van der Waals surface area contributed by atoms with Crippen LogP contribution in [0.5, 0.6) is 0 Å². The van der Waals surface area contributed by atoms with Crippen molar-refractivity contribution in [1.29, 1.82) is 0 Å². The Morgan fingerprint density at radius 2 is 1.92 bits per heavy atom. The maximum atomic E-state index is 5.39. The molecule has 1 unspecified atom stereocenters. The van der Waals surface area contributed by atoms with E-state index in [1.165, 1.54) is 31.2 Å². The van der Waals surface area contributed by atoms with Crippen molar-refractivity contribution in [3.63, 3.8) is 0 Å². The molecule has 0 radical (unpaired) electrons. The first-order valence-corrected chi connectivity index (χ1v) is 8.96. The van der Waals surface area contributed by atoms with Gasteiger partial charge in [-0.15, -0.1) is 24.0 Å². The van der Waals surface area contributed by atoms with Crippen LogP contribution in [0.4, 0.5) is 0 Å². The summed E-state index contributed by atoms with van der Waals surface area (Å²) in [6, 6.07) is 15.2. The minimum Gasteiger partial charge on any atom is -0.469 e. The first-order valence-electron chi connectivity index (χ1n) is 8.96. The highest BCUT2D eigenvalue weighted by atomic mass is 127. The van der Waals surface area contributed by atoms with Crippen molar-refractivity contribution in [3.05, 3.63) is 60.1 Å². The molecule has 136 valence electrons. The SMILES string of the molecule is CC(NC(=NCCc1ccco1)NC1CCCC1)c1ccccc1.I. The maximum absolute atomic E-state index is 5.39. The Balaban J connectivity index is 0.00000225. The summed E-state index contributed by atoms with van der Waals surface area (Å²) in [5.74, 6) is 1.89. The molecule has 0 spiro atoms. The van der Waals surface area contributed by atoms with Gasteiger partial charge < -0.3 is 15.1 Å². The van der Waals surface area contributed by atoms with Crippen molar-refractivity contribution in [2.75, 3.05) is 6.54 Å². The number of hydrogen-bond donors (Lipinski definition) is 2. The van der Waals surface area contributed by atoms with Gasteiger partial charge in [-0.3, -0.25) is 4.99 Å². The lowest BCUT2D eigenvalue weighted by atomic mass is 10.1. The fourth-order valence-corrected chi connectivity index (χ4v) is 3.16. The molecular weight excluding hydrogens is 425 g/mol. The molecule has 1 aromatic heterocycles. The van der Waals surface area contributed by atoms with E-state index in [1.54, 1.807) is 6.26 Å². The van der Waals surface area contributed by atoms with Gasteiger partial charge >= 0.3 is 0 Å². The highest BCUT2D eigenvalue weighted by Crippen LogP contribution is 2.18. The van der Waals surface area contributed by atoms with E-state index in [0.29, 0.717) is 6.04 Å². The summed E-state index contributed by atoms with van der Waals surface area (Å²) in [6.45, 7) is 2.89. The van der Waals surface area contributed by atoms with Crippen LogP contribution in [0.1, 0.15) is 50.0 Å². The third-order valence-corrected chi connectivity index (χ3v) is 4.56. The van der Waals surface area contributed by atoms with E-state index in [-0.39, 0.29) is 30.0 Å². The van der Waals surface area contributed by atoms with E-state index >= 15 is 0 Å². The third kappa shape index (κ3) is 6.38. The average Bonchev–Trinajstić information content (AvgIpc) is 3.29. The van der Waals surface area contributed by atoms with Crippen LogP contribution in [0.2, 0.25) is 0 Å². The molecule has 1 atom stereocenters. The topological polar surface area (TPSA) is 49.6 Å². The van der Waals surface area contributed by atoms with E-state index in [2.05, 4.69) is 41.8 Å². The molecule has 0 amide bonds. The number of hydrogen-bond acceptors (Lipinski definition) is 2. The lowest BCUT2D eigenvalue weighted by Gasteiger charge is -2.21. The van der Waals surface area contributed by atoms with E-state index in [9.17, 15) is 0 Å². The Kier molecular flexibility index (Phi) is 8.31. The number of benzene rings is 1. The van der Waals surface area contributed by atoms with Gasteiger partial charge in [0.2, 0.25) is 0 Å². The molecule has 2 aromatic rings. The number of furan rings is 1. The second kappa shape index (κ2) is 10.5. The lowest BCUT2D eigenvalue weighted by Crippen LogP contribution is -2.43. The quantitative estimate of drug-likeness (QED) is 0.380. The summed E-state index contributed by atoms with van der Waals surface area (Å²) in [4.78, 5) is 4.76. The molecule has 1 aliphatic carbocycles. The van der Waals surface area contributed by atoms with Crippen LogP contribution < -0.4 is 10.6 Å². The second-order valence-corrected chi connectivity index (χ2v) is 6.46. The Morgan fingerprint density at radius 1 is 1.16 bits per heavy atom. The normalized spacial score (nSPS) is 16.3. The van der Waals surface area contributed by atoms with Crippen LogP contribution in [-0.2, 0) is 6.42 Å². The molecule has 1 heterocycles. The number of aliphatic imine (C=N–C) groups is 1. The van der Waals surface area contributed by atoms with Crippen LogP contribution in [0, 0.1) is 0 Å². The standard InChI is InChI=1S/C20H27N3O.HI/c1-16(17-8-3-2-4-9-17)22-20(23-18-10-5-6-11-18)21-14-13-19-12-7-15-24-19;/h2-4,7-9,12,15-16,18H,5-6,10-11,13-14H2,1H3,(H2,21,22,23);1H. The Labute approximate surface area is 167 Å². The molecule has 0 bridgehead atoms. The largest absolute Gasteiger partial charge is 0.469 e. The molecular formula is C20H28IN3O. The number of nitrogens with zero attached hydrogens (tertiary/aromatic N) is 1. The number of guanidine groups is 1. The van der Waals surface area contributed by atoms with Crippen molar-refractivity contribution >= 4 is 29.9 Å². The average molecular weight is 453 g/mol. The highest BCUT2D eigenvalue weighted by Gasteiger charge is 2.17. The molecule has 1 saturated carbocycles. The third-order valence-electron chi connectivity index (χ3n) is 4.56. The molecule has 2 N–H and O–H groups in total. The van der Waals surface area contributed by atoms with Gasteiger partial charge in [0.15, 0.2) is 5.96 Å². The summed E-state index contributed by atoms with van der Waals surface area (Å²) in [7, 11) is 0. The van der Waals surface area contributed by atoms with Crippen molar-refractivity contribution in [3.8, 4) is 0 Å². The van der Waals surface area contributed by atoms with Gasteiger partial charge in [0.1, 0.15) is 5.76 Å². The van der Waals surface area contributed by atoms with Crippen molar-refractivity contribution in [1.82, 2.24) is 10.6 Å². The van der Waals surface area contributed by atoms with Gasteiger partial charge in [-0.05, 0) is 37.5 Å². The zero-order chi connectivity index (χ0) is 16.6. The Hall–Kier alpha value is -1.50. The molecule has 1 fully saturated rings. The fraction of sp³-hybridized carbons (Fsp3) is 0.450. The number of halogens is 1.